The fourth-order valence-electron chi connectivity index (χ4n) is 1.75. The quantitative estimate of drug-likeness (QED) is 0.832. The molecule has 0 atom stereocenters. The molecule has 0 unspecified atom stereocenters. The summed E-state index contributed by atoms with van der Waals surface area (Å²) >= 11 is 1.07. The van der Waals surface area contributed by atoms with Crippen molar-refractivity contribution in [2.45, 2.75) is 17.3 Å². The van der Waals surface area contributed by atoms with E-state index in [2.05, 4.69) is 11.9 Å². The molecule has 0 fully saturated rings. The second-order valence-corrected chi connectivity index (χ2v) is 10.6. The van der Waals surface area contributed by atoms with Crippen LogP contribution in [-0.2, 0) is 6.18 Å². The molecule has 0 radical (unpaired) electrons. The van der Waals surface area contributed by atoms with Gasteiger partial charge in [0.1, 0.15) is 0 Å². The first kappa shape index (κ1) is 17.1. The highest BCUT2D eigenvalue weighted by Crippen LogP contribution is 2.54. The monoisotopic (exact) mass is 325 g/mol. The van der Waals surface area contributed by atoms with Crippen LogP contribution in [0.2, 0.25) is 0 Å². The van der Waals surface area contributed by atoms with Crippen LogP contribution in [0, 0.1) is 6.92 Å². The fourth-order valence-corrected chi connectivity index (χ4v) is 4.83. The van der Waals surface area contributed by atoms with Crippen molar-refractivity contribution in [2.75, 3.05) is 25.3 Å². The molecule has 20 heavy (non-hydrogen) atoms. The minimum absolute atomic E-state index is 0.138. The maximum Gasteiger partial charge on any atom is 0.418 e. The average molecular weight is 325 g/mol. The number of carbonyl (C=O) groups excluding carboxylic acids is 1. The molecule has 1 heterocycles. The zero-order valence-electron chi connectivity index (χ0n) is 11.9. The topological polar surface area (TPSA) is 29.1 Å². The first-order chi connectivity index (χ1) is 9.00. The number of alkyl halides is 3. The molecule has 114 valence electrons. The Hall–Kier alpha value is -0.950. The van der Waals surface area contributed by atoms with Gasteiger partial charge in [0.15, 0.2) is 0 Å². The summed E-state index contributed by atoms with van der Waals surface area (Å²) in [6, 6.07) is 0. The van der Waals surface area contributed by atoms with Gasteiger partial charge in [-0.25, -0.2) is 10.0 Å². The fraction of sp³-hybridized carbons (Fsp3) is 0.462. The van der Waals surface area contributed by atoms with Gasteiger partial charge < -0.3 is 5.32 Å². The number of hydrogen-bond donors (Lipinski definition) is 1. The van der Waals surface area contributed by atoms with Crippen LogP contribution in [0.15, 0.2) is 16.9 Å². The summed E-state index contributed by atoms with van der Waals surface area (Å²) < 4.78 is 40.2. The lowest BCUT2D eigenvalue weighted by atomic mass is 10.1. The maximum absolute atomic E-state index is 13.2. The molecule has 1 N–H and O–H groups in total. The molecule has 0 aliphatic rings. The predicted octanol–water partition coefficient (Wildman–Crippen LogP) is 4.04. The van der Waals surface area contributed by atoms with Crippen molar-refractivity contribution in [2.24, 2.45) is 0 Å². The van der Waals surface area contributed by atoms with Gasteiger partial charge in [0.2, 0.25) is 0 Å². The molecule has 0 saturated heterocycles. The smallest absolute Gasteiger partial charge is 0.349 e. The van der Waals surface area contributed by atoms with E-state index in [1.165, 1.54) is 13.0 Å². The van der Waals surface area contributed by atoms with Crippen LogP contribution in [0.25, 0.3) is 0 Å². The Morgan fingerprint density at radius 2 is 1.95 bits per heavy atom. The van der Waals surface area contributed by atoms with Gasteiger partial charge in [0.25, 0.3) is 5.91 Å². The van der Waals surface area contributed by atoms with Crippen LogP contribution in [-0.4, -0.2) is 31.2 Å². The first-order valence-corrected chi connectivity index (χ1v) is 9.45. The van der Waals surface area contributed by atoms with E-state index in [-0.39, 0.29) is 17.0 Å². The van der Waals surface area contributed by atoms with E-state index in [4.69, 9.17) is 0 Å². The van der Waals surface area contributed by atoms with Gasteiger partial charge in [-0.3, -0.25) is 4.79 Å². The zero-order chi connectivity index (χ0) is 15.7. The van der Waals surface area contributed by atoms with E-state index >= 15 is 0 Å². The summed E-state index contributed by atoms with van der Waals surface area (Å²) in [7, 11) is -1.43. The number of hydrogen-bond acceptors (Lipinski definition) is 2. The van der Waals surface area contributed by atoms with E-state index in [1.54, 1.807) is 0 Å². The summed E-state index contributed by atoms with van der Waals surface area (Å²) in [5, 5.41) is 2.45. The second kappa shape index (κ2) is 5.81. The Labute approximate surface area is 122 Å². The molecule has 1 aromatic heterocycles. The van der Waals surface area contributed by atoms with Crippen LogP contribution in [0.1, 0.15) is 20.8 Å². The van der Waals surface area contributed by atoms with Crippen molar-refractivity contribution < 1.29 is 18.0 Å². The molecule has 0 bridgehead atoms. The van der Waals surface area contributed by atoms with Crippen molar-refractivity contribution in [1.82, 2.24) is 5.32 Å². The molecule has 2 nitrogen and oxygen atoms in total. The molecule has 0 saturated carbocycles. The highest BCUT2D eigenvalue weighted by molar-refractivity contribution is 8.33. The molecule has 1 amide bonds. The van der Waals surface area contributed by atoms with E-state index in [0.717, 1.165) is 11.3 Å². The lowest BCUT2D eigenvalue weighted by molar-refractivity contribution is -0.138. The van der Waals surface area contributed by atoms with Gasteiger partial charge in [-0.15, -0.1) is 17.9 Å². The predicted molar refractivity (Wildman–Crippen MR) is 80.2 cm³/mol. The Morgan fingerprint density at radius 3 is 2.35 bits per heavy atom. The van der Waals surface area contributed by atoms with Gasteiger partial charge in [-0.1, -0.05) is 6.08 Å². The second-order valence-electron chi connectivity index (χ2n) is 5.03. The highest BCUT2D eigenvalue weighted by atomic mass is 32.3. The normalized spacial score (nSPS) is 13.2. The lowest BCUT2D eigenvalue weighted by Gasteiger charge is -2.25. The Bertz CT molecular complexity index is 527. The minimum atomic E-state index is -4.52. The molecule has 1 aromatic rings. The summed E-state index contributed by atoms with van der Waals surface area (Å²) in [5.74, 6) is -0.681. The van der Waals surface area contributed by atoms with Gasteiger partial charge in [0.05, 0.1) is 15.3 Å². The lowest BCUT2D eigenvalue weighted by Crippen LogP contribution is -2.26. The van der Waals surface area contributed by atoms with E-state index < -0.39 is 27.7 Å². The summed E-state index contributed by atoms with van der Waals surface area (Å²) in [4.78, 5) is 12.3. The molecule has 7 heteroatoms. The van der Waals surface area contributed by atoms with E-state index in [0.29, 0.717) is 4.21 Å². The van der Waals surface area contributed by atoms with Gasteiger partial charge >= 0.3 is 6.18 Å². The zero-order valence-corrected chi connectivity index (χ0v) is 13.5. The SMILES string of the molecule is C=CCNC(=O)c1c(S(C)(C)C)sc(C)c1C(F)(F)F. The number of aryl methyl sites for hydroxylation is 1. The van der Waals surface area contributed by atoms with Crippen molar-refractivity contribution in [3.8, 4) is 0 Å². The molecular weight excluding hydrogens is 307 g/mol. The van der Waals surface area contributed by atoms with Crippen molar-refractivity contribution in [3.05, 3.63) is 28.7 Å². The Morgan fingerprint density at radius 1 is 1.40 bits per heavy atom. The van der Waals surface area contributed by atoms with Crippen molar-refractivity contribution in [1.29, 1.82) is 0 Å². The average Bonchev–Trinajstić information content (AvgIpc) is 2.63. The molecule has 1 rings (SSSR count). The standard InChI is InChI=1S/C13H18F3NOS2/c1-6-7-17-11(18)9-10(13(14,15)16)8(2)19-12(9)20(3,4)5/h6H,1,7H2,2-5H3,(H,17,18). The van der Waals surface area contributed by atoms with Gasteiger partial charge in [-0.2, -0.15) is 13.2 Å². The number of thiophene rings is 1. The van der Waals surface area contributed by atoms with Crippen LogP contribution < -0.4 is 5.32 Å². The van der Waals surface area contributed by atoms with Gasteiger partial charge in [-0.05, 0) is 25.7 Å². The van der Waals surface area contributed by atoms with Crippen molar-refractivity contribution in [3.63, 3.8) is 0 Å². The van der Waals surface area contributed by atoms with Gasteiger partial charge in [0, 0.05) is 11.4 Å². The number of halogens is 3. The Balaban J connectivity index is 3.50. The number of rotatable bonds is 4. The summed E-state index contributed by atoms with van der Waals surface area (Å²) in [6.07, 6.45) is 2.55. The number of carbonyl (C=O) groups is 1. The molecule has 0 aliphatic heterocycles. The number of amides is 1. The summed E-state index contributed by atoms with van der Waals surface area (Å²) in [5.41, 5.74) is -1.02. The van der Waals surface area contributed by atoms with Crippen LogP contribution in [0.4, 0.5) is 13.2 Å². The summed E-state index contributed by atoms with van der Waals surface area (Å²) in [6.45, 7) is 5.00. The first-order valence-electron chi connectivity index (χ1n) is 5.78. The largest absolute Gasteiger partial charge is 0.418 e. The number of nitrogens with one attached hydrogen (secondary N) is 1. The maximum atomic E-state index is 13.2. The molecule has 0 spiro atoms. The van der Waals surface area contributed by atoms with E-state index in [1.807, 2.05) is 18.8 Å². The molecule has 0 aliphatic carbocycles. The van der Waals surface area contributed by atoms with Crippen LogP contribution in [0.5, 0.6) is 0 Å². The Kier molecular flexibility index (Phi) is 4.97. The highest BCUT2D eigenvalue weighted by Gasteiger charge is 2.41. The minimum Gasteiger partial charge on any atom is -0.349 e. The third-order valence-corrected chi connectivity index (χ3v) is 6.49. The molecule has 0 aromatic carbocycles. The van der Waals surface area contributed by atoms with Crippen LogP contribution >= 0.6 is 21.4 Å². The third-order valence-electron chi connectivity index (χ3n) is 2.53. The van der Waals surface area contributed by atoms with E-state index in [9.17, 15) is 18.0 Å². The van der Waals surface area contributed by atoms with Crippen molar-refractivity contribution >= 4 is 27.3 Å². The third kappa shape index (κ3) is 3.58. The molecular formula is C13H18F3NOS2. The van der Waals surface area contributed by atoms with Crippen LogP contribution in [0.3, 0.4) is 0 Å².